The number of carbonyl (C=O) groups is 1. The SMILES string of the molecule is C=C(C)CN1CN(c2snc(CC)c2C)C(=O)N(C(C)(C)C)C1. The molecule has 0 aliphatic carbocycles. The van der Waals surface area contributed by atoms with Crippen LogP contribution in [0.25, 0.3) is 0 Å². The first kappa shape index (κ1) is 17.9. The minimum atomic E-state index is -0.227. The monoisotopic (exact) mass is 336 g/mol. The van der Waals surface area contributed by atoms with Gasteiger partial charge < -0.3 is 4.90 Å². The summed E-state index contributed by atoms with van der Waals surface area (Å²) in [6.45, 7) is 18.4. The van der Waals surface area contributed by atoms with E-state index in [0.717, 1.165) is 34.8 Å². The van der Waals surface area contributed by atoms with Crippen molar-refractivity contribution < 1.29 is 4.79 Å². The van der Waals surface area contributed by atoms with Gasteiger partial charge in [0.15, 0.2) is 0 Å². The summed E-state index contributed by atoms with van der Waals surface area (Å²) in [6.07, 6.45) is 0.892. The Hall–Kier alpha value is -1.40. The predicted octanol–water partition coefficient (Wildman–Crippen LogP) is 3.85. The van der Waals surface area contributed by atoms with Gasteiger partial charge in [-0.2, -0.15) is 4.37 Å². The van der Waals surface area contributed by atoms with E-state index in [9.17, 15) is 4.79 Å². The molecule has 0 unspecified atom stereocenters. The molecule has 5 nitrogen and oxygen atoms in total. The van der Waals surface area contributed by atoms with Gasteiger partial charge in [0.1, 0.15) is 5.00 Å². The highest BCUT2D eigenvalue weighted by Crippen LogP contribution is 2.32. The molecule has 0 radical (unpaired) electrons. The molecule has 1 saturated heterocycles. The molecule has 128 valence electrons. The number of nitrogens with zero attached hydrogens (tertiary/aromatic N) is 4. The number of urea groups is 1. The van der Waals surface area contributed by atoms with Crippen LogP contribution in [0, 0.1) is 6.92 Å². The number of aryl methyl sites for hydroxylation is 1. The lowest BCUT2D eigenvalue weighted by molar-refractivity contribution is 0.0685. The Bertz CT molecular complexity index is 602. The molecule has 0 bridgehead atoms. The first-order valence-electron chi connectivity index (χ1n) is 8.06. The topological polar surface area (TPSA) is 39.7 Å². The minimum Gasteiger partial charge on any atom is -0.306 e. The van der Waals surface area contributed by atoms with Gasteiger partial charge in [0.25, 0.3) is 0 Å². The summed E-state index contributed by atoms with van der Waals surface area (Å²) < 4.78 is 4.51. The first-order valence-corrected chi connectivity index (χ1v) is 8.83. The van der Waals surface area contributed by atoms with Crippen molar-refractivity contribution >= 4 is 22.6 Å². The van der Waals surface area contributed by atoms with Gasteiger partial charge >= 0.3 is 6.03 Å². The summed E-state index contributed by atoms with van der Waals surface area (Å²) in [6, 6.07) is 0.0601. The van der Waals surface area contributed by atoms with E-state index in [4.69, 9.17) is 0 Å². The second-order valence-corrected chi connectivity index (χ2v) is 8.04. The zero-order chi connectivity index (χ0) is 17.4. The second kappa shape index (κ2) is 6.61. The summed E-state index contributed by atoms with van der Waals surface area (Å²) in [5, 5.41) is 0.965. The quantitative estimate of drug-likeness (QED) is 0.784. The molecule has 6 heteroatoms. The Kier molecular flexibility index (Phi) is 5.16. The van der Waals surface area contributed by atoms with Crippen molar-refractivity contribution in [3.63, 3.8) is 0 Å². The highest BCUT2D eigenvalue weighted by atomic mass is 32.1. The smallest absolute Gasteiger partial charge is 0.306 e. The minimum absolute atomic E-state index is 0.0601. The molecule has 1 aliphatic heterocycles. The fourth-order valence-electron chi connectivity index (χ4n) is 2.78. The van der Waals surface area contributed by atoms with Crippen LogP contribution >= 0.6 is 11.5 Å². The second-order valence-electron chi connectivity index (χ2n) is 7.29. The van der Waals surface area contributed by atoms with Gasteiger partial charge in [-0.3, -0.25) is 9.80 Å². The first-order chi connectivity index (χ1) is 10.6. The summed E-state index contributed by atoms with van der Waals surface area (Å²) >= 11 is 1.42. The molecule has 1 aromatic rings. The maximum absolute atomic E-state index is 13.0. The zero-order valence-corrected chi connectivity index (χ0v) is 16.0. The Morgan fingerprint density at radius 1 is 1.35 bits per heavy atom. The number of rotatable bonds is 4. The van der Waals surface area contributed by atoms with Gasteiger partial charge in [-0.15, -0.1) is 0 Å². The van der Waals surface area contributed by atoms with Crippen LogP contribution in [-0.4, -0.2) is 45.6 Å². The lowest BCUT2D eigenvalue weighted by Gasteiger charge is -2.47. The molecule has 0 N–H and O–H groups in total. The normalized spacial score (nSPS) is 17.0. The van der Waals surface area contributed by atoms with Crippen molar-refractivity contribution in [2.45, 2.75) is 53.5 Å². The Morgan fingerprint density at radius 3 is 2.48 bits per heavy atom. The van der Waals surface area contributed by atoms with E-state index < -0.39 is 0 Å². The van der Waals surface area contributed by atoms with Gasteiger partial charge in [-0.05, 0) is 52.6 Å². The molecule has 0 spiro atoms. The van der Waals surface area contributed by atoms with E-state index in [-0.39, 0.29) is 11.6 Å². The van der Waals surface area contributed by atoms with Crippen molar-refractivity contribution in [2.75, 3.05) is 24.8 Å². The third-order valence-corrected chi connectivity index (χ3v) is 5.04. The van der Waals surface area contributed by atoms with E-state index >= 15 is 0 Å². The number of aromatic nitrogens is 1. The molecule has 2 heterocycles. The molecule has 0 aromatic carbocycles. The molecule has 2 rings (SSSR count). The fraction of sp³-hybridized carbons (Fsp3) is 0.647. The standard InChI is InChI=1S/C17H28N4OS/c1-8-14-13(4)15(23-18-14)20-10-19(9-12(2)3)11-21(16(20)22)17(5,6)7/h2,8-11H2,1,3-7H3. The maximum Gasteiger partial charge on any atom is 0.327 e. The summed E-state index contributed by atoms with van der Waals surface area (Å²) in [7, 11) is 0. The van der Waals surface area contributed by atoms with Crippen molar-refractivity contribution in [2.24, 2.45) is 0 Å². The molecule has 0 saturated carbocycles. The van der Waals surface area contributed by atoms with Gasteiger partial charge in [0.2, 0.25) is 0 Å². The molecule has 0 atom stereocenters. The van der Waals surface area contributed by atoms with Crippen LogP contribution in [0.2, 0.25) is 0 Å². The third kappa shape index (κ3) is 3.75. The lowest BCUT2D eigenvalue weighted by Crippen LogP contribution is -2.63. The molecule has 1 aromatic heterocycles. The van der Waals surface area contributed by atoms with Gasteiger partial charge in [0, 0.05) is 17.6 Å². The van der Waals surface area contributed by atoms with E-state index in [1.807, 2.05) is 16.7 Å². The summed E-state index contributed by atoms with van der Waals surface area (Å²) in [5.41, 5.74) is 3.08. The maximum atomic E-state index is 13.0. The van der Waals surface area contributed by atoms with E-state index in [0.29, 0.717) is 13.3 Å². The third-order valence-electron chi connectivity index (χ3n) is 4.02. The lowest BCUT2D eigenvalue weighted by atomic mass is 10.1. The Labute approximate surface area is 143 Å². The van der Waals surface area contributed by atoms with Gasteiger partial charge in [-0.1, -0.05) is 19.1 Å². The number of carbonyl (C=O) groups excluding carboxylic acids is 1. The van der Waals surface area contributed by atoms with E-state index in [1.165, 1.54) is 11.5 Å². The average Bonchev–Trinajstić information content (AvgIpc) is 2.79. The number of amides is 2. The van der Waals surface area contributed by atoms with Crippen molar-refractivity contribution in [3.8, 4) is 0 Å². The summed E-state index contributed by atoms with van der Waals surface area (Å²) in [5.74, 6) is 0. The zero-order valence-electron chi connectivity index (χ0n) is 15.1. The number of hydrogen-bond donors (Lipinski definition) is 0. The van der Waals surface area contributed by atoms with Crippen molar-refractivity contribution in [1.29, 1.82) is 0 Å². The molecule has 2 amide bonds. The number of anilines is 1. The van der Waals surface area contributed by atoms with Crippen LogP contribution in [0.4, 0.5) is 9.80 Å². The van der Waals surface area contributed by atoms with Crippen LogP contribution in [0.15, 0.2) is 12.2 Å². The molecule has 1 aliphatic rings. The number of hydrogen-bond acceptors (Lipinski definition) is 4. The van der Waals surface area contributed by atoms with Crippen molar-refractivity contribution in [3.05, 3.63) is 23.4 Å². The molecular weight excluding hydrogens is 308 g/mol. The molecule has 1 fully saturated rings. The molecular formula is C17H28N4OS. The van der Waals surface area contributed by atoms with Gasteiger partial charge in [-0.25, -0.2) is 4.79 Å². The van der Waals surface area contributed by atoms with Crippen LogP contribution < -0.4 is 4.90 Å². The van der Waals surface area contributed by atoms with Crippen molar-refractivity contribution in [1.82, 2.24) is 14.2 Å². The summed E-state index contributed by atoms with van der Waals surface area (Å²) in [4.78, 5) is 19.1. The van der Waals surface area contributed by atoms with Crippen LogP contribution in [-0.2, 0) is 6.42 Å². The molecule has 23 heavy (non-hydrogen) atoms. The van der Waals surface area contributed by atoms with Crippen LogP contribution in [0.1, 0.15) is 45.9 Å². The van der Waals surface area contributed by atoms with Crippen LogP contribution in [0.5, 0.6) is 0 Å². The fourth-order valence-corrected chi connectivity index (χ4v) is 3.74. The van der Waals surface area contributed by atoms with E-state index in [1.54, 1.807) is 0 Å². The van der Waals surface area contributed by atoms with Gasteiger partial charge in [0.05, 0.1) is 19.0 Å². The predicted molar refractivity (Wildman–Crippen MR) is 97.0 cm³/mol. The largest absolute Gasteiger partial charge is 0.327 e. The Balaban J connectivity index is 2.37. The highest BCUT2D eigenvalue weighted by Gasteiger charge is 2.38. The highest BCUT2D eigenvalue weighted by molar-refractivity contribution is 7.10. The average molecular weight is 337 g/mol. The van der Waals surface area contributed by atoms with Crippen LogP contribution in [0.3, 0.4) is 0 Å². The Morgan fingerprint density at radius 2 is 2.00 bits per heavy atom. The van der Waals surface area contributed by atoms with E-state index in [2.05, 4.69) is 50.5 Å².